The number of ether oxygens (including phenoxy) is 2. The summed E-state index contributed by atoms with van der Waals surface area (Å²) < 4.78 is 10.5. The van der Waals surface area contributed by atoms with Crippen molar-refractivity contribution < 1.29 is 9.47 Å². The Hall–Kier alpha value is -2.40. The fraction of sp³-hybridized carbons (Fsp3) is 0.133. The molecule has 0 unspecified atom stereocenters. The zero-order valence-corrected chi connectivity index (χ0v) is 12.4. The van der Waals surface area contributed by atoms with Crippen LogP contribution in [0.25, 0.3) is 22.4 Å². The molecule has 0 spiro atoms. The summed E-state index contributed by atoms with van der Waals surface area (Å²) in [6.45, 7) is 0. The number of halogens is 1. The number of imidazole rings is 1. The summed E-state index contributed by atoms with van der Waals surface area (Å²) in [5, 5.41) is 0.465. The molecule has 1 heterocycles. The Bertz CT molecular complexity index is 814. The predicted molar refractivity (Wildman–Crippen MR) is 84.1 cm³/mol. The molecule has 0 amide bonds. The number of nitrogens with two attached hydrogens (primary N) is 1. The highest BCUT2D eigenvalue weighted by Gasteiger charge is 2.14. The molecule has 3 N–H and O–H groups in total. The van der Waals surface area contributed by atoms with E-state index in [9.17, 15) is 0 Å². The molecule has 21 heavy (non-hydrogen) atoms. The van der Waals surface area contributed by atoms with Gasteiger partial charge in [-0.15, -0.1) is 0 Å². The summed E-state index contributed by atoms with van der Waals surface area (Å²) in [7, 11) is 3.12. The van der Waals surface area contributed by atoms with Gasteiger partial charge in [-0.05, 0) is 30.3 Å². The second-order valence-corrected chi connectivity index (χ2v) is 4.96. The monoisotopic (exact) mass is 303 g/mol. The van der Waals surface area contributed by atoms with Gasteiger partial charge >= 0.3 is 0 Å². The van der Waals surface area contributed by atoms with Gasteiger partial charge in [0.15, 0.2) is 11.5 Å². The highest BCUT2D eigenvalue weighted by molar-refractivity contribution is 6.32. The van der Waals surface area contributed by atoms with Crippen molar-refractivity contribution in [2.24, 2.45) is 0 Å². The molecule has 0 radical (unpaired) electrons. The zero-order chi connectivity index (χ0) is 15.0. The van der Waals surface area contributed by atoms with Gasteiger partial charge in [-0.25, -0.2) is 4.98 Å². The molecule has 5 nitrogen and oxygen atoms in total. The highest BCUT2D eigenvalue weighted by atomic mass is 35.5. The van der Waals surface area contributed by atoms with Crippen molar-refractivity contribution in [3.05, 3.63) is 35.4 Å². The van der Waals surface area contributed by atoms with Crippen LogP contribution in [-0.2, 0) is 0 Å². The molecule has 0 aliphatic rings. The standard InChI is InChI=1S/C15H14ClN3O2/c1-20-13-6-8(5-10(16)14(13)21-2)15-18-11-4-3-9(17)7-12(11)19-15/h3-7H,17H2,1-2H3,(H,18,19). The van der Waals surface area contributed by atoms with Crippen molar-refractivity contribution in [3.63, 3.8) is 0 Å². The van der Waals surface area contributed by atoms with E-state index in [0.717, 1.165) is 16.6 Å². The number of hydrogen-bond acceptors (Lipinski definition) is 4. The maximum absolute atomic E-state index is 6.22. The molecule has 2 aromatic carbocycles. The van der Waals surface area contributed by atoms with Crippen LogP contribution < -0.4 is 15.2 Å². The third kappa shape index (κ3) is 2.36. The number of hydrogen-bond donors (Lipinski definition) is 2. The van der Waals surface area contributed by atoms with E-state index < -0.39 is 0 Å². The Balaban J connectivity index is 2.15. The predicted octanol–water partition coefficient (Wildman–Crippen LogP) is 3.48. The highest BCUT2D eigenvalue weighted by Crippen LogP contribution is 2.38. The molecule has 0 aliphatic heterocycles. The first-order valence-electron chi connectivity index (χ1n) is 6.29. The van der Waals surface area contributed by atoms with Crippen LogP contribution in [0.2, 0.25) is 5.02 Å². The van der Waals surface area contributed by atoms with Crippen molar-refractivity contribution in [1.29, 1.82) is 0 Å². The topological polar surface area (TPSA) is 73.2 Å². The van der Waals surface area contributed by atoms with Crippen molar-refractivity contribution >= 4 is 28.3 Å². The molecular formula is C15H14ClN3O2. The SMILES string of the molecule is COc1cc(-c2nc3ccc(N)cc3[nH]2)cc(Cl)c1OC. The van der Waals surface area contributed by atoms with Crippen molar-refractivity contribution in [2.75, 3.05) is 20.0 Å². The normalized spacial score (nSPS) is 10.8. The molecule has 0 aliphatic carbocycles. The second-order valence-electron chi connectivity index (χ2n) is 4.56. The first-order valence-corrected chi connectivity index (χ1v) is 6.67. The quantitative estimate of drug-likeness (QED) is 0.727. The number of aromatic nitrogens is 2. The van der Waals surface area contributed by atoms with E-state index in [0.29, 0.717) is 28.0 Å². The Labute approximate surface area is 126 Å². The summed E-state index contributed by atoms with van der Waals surface area (Å²) in [5.74, 6) is 1.75. The van der Waals surface area contributed by atoms with Crippen LogP contribution in [-0.4, -0.2) is 24.2 Å². The molecule has 1 aromatic heterocycles. The fourth-order valence-corrected chi connectivity index (χ4v) is 2.51. The Morgan fingerprint density at radius 3 is 2.67 bits per heavy atom. The van der Waals surface area contributed by atoms with E-state index in [4.69, 9.17) is 26.8 Å². The lowest BCUT2D eigenvalue weighted by atomic mass is 10.2. The van der Waals surface area contributed by atoms with Gasteiger partial charge < -0.3 is 20.2 Å². The summed E-state index contributed by atoms with van der Waals surface area (Å²) in [4.78, 5) is 7.75. The molecule has 0 bridgehead atoms. The third-order valence-corrected chi connectivity index (χ3v) is 3.49. The van der Waals surface area contributed by atoms with Crippen molar-refractivity contribution in [1.82, 2.24) is 9.97 Å². The van der Waals surface area contributed by atoms with Gasteiger partial charge in [-0.1, -0.05) is 11.6 Å². The van der Waals surface area contributed by atoms with Crippen LogP contribution in [0, 0.1) is 0 Å². The van der Waals surface area contributed by atoms with E-state index in [1.165, 1.54) is 0 Å². The summed E-state index contributed by atoms with van der Waals surface area (Å²) in [5.41, 5.74) is 8.98. The number of anilines is 1. The summed E-state index contributed by atoms with van der Waals surface area (Å²) in [6, 6.07) is 9.13. The molecular weight excluding hydrogens is 290 g/mol. The van der Waals surface area contributed by atoms with Gasteiger partial charge in [0.2, 0.25) is 0 Å². The number of fused-ring (bicyclic) bond motifs is 1. The fourth-order valence-electron chi connectivity index (χ4n) is 2.22. The van der Waals surface area contributed by atoms with E-state index in [-0.39, 0.29) is 0 Å². The molecule has 0 saturated carbocycles. The van der Waals surface area contributed by atoms with E-state index >= 15 is 0 Å². The minimum atomic E-state index is 0.465. The number of rotatable bonds is 3. The number of nitrogens with one attached hydrogen (secondary N) is 1. The van der Waals surface area contributed by atoms with Gasteiger partial charge in [0.1, 0.15) is 5.82 Å². The number of nitrogen functional groups attached to an aromatic ring is 1. The summed E-state index contributed by atoms with van der Waals surface area (Å²) >= 11 is 6.22. The Morgan fingerprint density at radius 1 is 1.14 bits per heavy atom. The van der Waals surface area contributed by atoms with Gasteiger partial charge in [0.05, 0.1) is 30.3 Å². The first-order chi connectivity index (χ1) is 10.1. The van der Waals surface area contributed by atoms with Crippen LogP contribution in [0.3, 0.4) is 0 Å². The number of nitrogens with zero attached hydrogens (tertiary/aromatic N) is 1. The van der Waals surface area contributed by atoms with Gasteiger partial charge in [-0.3, -0.25) is 0 Å². The zero-order valence-electron chi connectivity index (χ0n) is 11.6. The van der Waals surface area contributed by atoms with Crippen LogP contribution in [0.4, 0.5) is 5.69 Å². The molecule has 0 saturated heterocycles. The van der Waals surface area contributed by atoms with Crippen LogP contribution in [0.5, 0.6) is 11.5 Å². The smallest absolute Gasteiger partial charge is 0.179 e. The molecule has 6 heteroatoms. The second kappa shape index (κ2) is 5.18. The average molecular weight is 304 g/mol. The van der Waals surface area contributed by atoms with Gasteiger partial charge in [0.25, 0.3) is 0 Å². The van der Waals surface area contributed by atoms with Crippen LogP contribution in [0.15, 0.2) is 30.3 Å². The van der Waals surface area contributed by atoms with Crippen molar-refractivity contribution in [2.45, 2.75) is 0 Å². The van der Waals surface area contributed by atoms with Crippen LogP contribution in [0.1, 0.15) is 0 Å². The van der Waals surface area contributed by atoms with E-state index in [1.807, 2.05) is 24.3 Å². The number of aromatic amines is 1. The first kappa shape index (κ1) is 13.6. The lowest BCUT2D eigenvalue weighted by molar-refractivity contribution is 0.355. The number of methoxy groups -OCH3 is 2. The maximum atomic E-state index is 6.22. The Kier molecular flexibility index (Phi) is 3.35. The van der Waals surface area contributed by atoms with Crippen molar-refractivity contribution in [3.8, 4) is 22.9 Å². The van der Waals surface area contributed by atoms with Crippen LogP contribution >= 0.6 is 11.6 Å². The Morgan fingerprint density at radius 2 is 1.95 bits per heavy atom. The molecule has 0 fully saturated rings. The molecule has 3 rings (SSSR count). The summed E-state index contributed by atoms with van der Waals surface area (Å²) in [6.07, 6.45) is 0. The third-order valence-electron chi connectivity index (χ3n) is 3.21. The molecule has 108 valence electrons. The van der Waals surface area contributed by atoms with E-state index in [2.05, 4.69) is 9.97 Å². The maximum Gasteiger partial charge on any atom is 0.179 e. The number of H-pyrrole nitrogens is 1. The van der Waals surface area contributed by atoms with E-state index in [1.54, 1.807) is 20.3 Å². The molecule has 0 atom stereocenters. The lowest BCUT2D eigenvalue weighted by Crippen LogP contribution is -1.93. The van der Waals surface area contributed by atoms with Gasteiger partial charge in [-0.2, -0.15) is 0 Å². The van der Waals surface area contributed by atoms with Gasteiger partial charge in [0, 0.05) is 11.3 Å². The minimum Gasteiger partial charge on any atom is -0.493 e. The lowest BCUT2D eigenvalue weighted by Gasteiger charge is -2.10. The largest absolute Gasteiger partial charge is 0.493 e. The average Bonchev–Trinajstić information content (AvgIpc) is 2.89. The number of benzene rings is 2. The molecule has 3 aromatic rings. The minimum absolute atomic E-state index is 0.465.